The number of nitrogens with one attached hydrogen (secondary N) is 1. The fourth-order valence-corrected chi connectivity index (χ4v) is 2.67. The molecule has 3 N–H and O–H groups in total. The largest absolute Gasteiger partial charge is 0.478 e. The summed E-state index contributed by atoms with van der Waals surface area (Å²) in [5.41, 5.74) is 0.332. The normalized spacial score (nSPS) is 13.4. The van der Waals surface area contributed by atoms with E-state index in [0.29, 0.717) is 16.7 Å². The van der Waals surface area contributed by atoms with Crippen molar-refractivity contribution in [1.29, 1.82) is 0 Å². The number of carbonyl (C=O) groups excluding carboxylic acids is 1. The molecule has 8 heteroatoms. The van der Waals surface area contributed by atoms with Gasteiger partial charge in [0.15, 0.2) is 0 Å². The van der Waals surface area contributed by atoms with Gasteiger partial charge in [-0.25, -0.2) is 9.18 Å². The lowest BCUT2D eigenvalue weighted by Crippen LogP contribution is -2.32. The van der Waals surface area contributed by atoms with Gasteiger partial charge in [0.1, 0.15) is 11.9 Å². The van der Waals surface area contributed by atoms with Gasteiger partial charge >= 0.3 is 5.97 Å². The second-order valence-electron chi connectivity index (χ2n) is 5.32. The molecule has 2 atom stereocenters. The van der Waals surface area contributed by atoms with Gasteiger partial charge in [-0.3, -0.25) is 4.79 Å². The van der Waals surface area contributed by atoms with Crippen LogP contribution in [0.4, 0.5) is 4.39 Å². The molecule has 0 spiro atoms. The zero-order valence-electron chi connectivity index (χ0n) is 13.2. The molecule has 136 valence electrons. The average Bonchev–Trinajstić information content (AvgIpc) is 2.58. The average molecular weight is 398 g/mol. The predicted molar refractivity (Wildman–Crippen MR) is 95.5 cm³/mol. The van der Waals surface area contributed by atoms with Gasteiger partial charge in [0.25, 0.3) is 0 Å². The van der Waals surface area contributed by atoms with Gasteiger partial charge in [-0.1, -0.05) is 41.4 Å². The highest BCUT2D eigenvalue weighted by atomic mass is 35.5. The minimum Gasteiger partial charge on any atom is -0.478 e. The standard InChI is InChI=1S/C18H14Cl2FNO4/c19-11-3-1-2-10(8-11)18(26)17(22-15(23)6-7-16(24)25)13-5-4-12(20)9-14(13)21/h1-9,17-18,26H,(H,22,23)(H,24,25)/b7-6+/t17-,18-/m1/s1. The molecule has 2 aromatic rings. The van der Waals surface area contributed by atoms with Crippen LogP contribution >= 0.6 is 23.2 Å². The van der Waals surface area contributed by atoms with Gasteiger partial charge in [-0.15, -0.1) is 0 Å². The molecular weight excluding hydrogens is 384 g/mol. The summed E-state index contributed by atoms with van der Waals surface area (Å²) in [7, 11) is 0. The summed E-state index contributed by atoms with van der Waals surface area (Å²) in [6, 6.07) is 8.84. The number of carbonyl (C=O) groups is 2. The van der Waals surface area contributed by atoms with Crippen LogP contribution in [-0.2, 0) is 9.59 Å². The van der Waals surface area contributed by atoms with Crippen LogP contribution in [0.15, 0.2) is 54.6 Å². The Bertz CT molecular complexity index is 857. The molecule has 0 saturated heterocycles. The van der Waals surface area contributed by atoms with Gasteiger partial charge in [0.2, 0.25) is 5.91 Å². The Labute approximate surface area is 158 Å². The number of aliphatic carboxylic acids is 1. The van der Waals surface area contributed by atoms with E-state index in [2.05, 4.69) is 5.32 Å². The molecular formula is C18H14Cl2FNO4. The van der Waals surface area contributed by atoms with Gasteiger partial charge in [0, 0.05) is 27.8 Å². The van der Waals surface area contributed by atoms with Crippen LogP contribution in [0, 0.1) is 5.82 Å². The summed E-state index contributed by atoms with van der Waals surface area (Å²) >= 11 is 11.7. The highest BCUT2D eigenvalue weighted by molar-refractivity contribution is 6.30. The maximum atomic E-state index is 14.3. The lowest BCUT2D eigenvalue weighted by molar-refractivity contribution is -0.131. The molecule has 0 saturated carbocycles. The fourth-order valence-electron chi connectivity index (χ4n) is 2.31. The Morgan fingerprint density at radius 3 is 2.38 bits per heavy atom. The van der Waals surface area contributed by atoms with Crippen molar-refractivity contribution in [2.45, 2.75) is 12.1 Å². The molecule has 0 aliphatic heterocycles. The zero-order valence-corrected chi connectivity index (χ0v) is 14.7. The van der Waals surface area contributed by atoms with Crippen molar-refractivity contribution < 1.29 is 24.2 Å². The monoisotopic (exact) mass is 397 g/mol. The summed E-state index contributed by atoms with van der Waals surface area (Å²) in [5, 5.41) is 22.2. The zero-order chi connectivity index (χ0) is 19.3. The minimum absolute atomic E-state index is 0.0149. The summed E-state index contributed by atoms with van der Waals surface area (Å²) < 4.78 is 14.3. The first kappa shape index (κ1) is 19.9. The lowest BCUT2D eigenvalue weighted by atomic mass is 9.95. The second-order valence-corrected chi connectivity index (χ2v) is 6.20. The molecule has 0 unspecified atom stereocenters. The van der Waals surface area contributed by atoms with E-state index in [4.69, 9.17) is 28.3 Å². The van der Waals surface area contributed by atoms with E-state index in [1.165, 1.54) is 18.2 Å². The summed E-state index contributed by atoms with van der Waals surface area (Å²) in [5.74, 6) is -2.86. The van der Waals surface area contributed by atoms with Gasteiger partial charge in [-0.05, 0) is 29.8 Å². The van der Waals surface area contributed by atoms with E-state index in [1.807, 2.05) is 0 Å². The highest BCUT2D eigenvalue weighted by Gasteiger charge is 2.27. The Hall–Kier alpha value is -2.41. The van der Waals surface area contributed by atoms with Crippen molar-refractivity contribution in [2.24, 2.45) is 0 Å². The Morgan fingerprint density at radius 2 is 1.77 bits per heavy atom. The van der Waals surface area contributed by atoms with Crippen LogP contribution in [-0.4, -0.2) is 22.1 Å². The third kappa shape index (κ3) is 5.29. The molecule has 0 heterocycles. The topological polar surface area (TPSA) is 86.6 Å². The van der Waals surface area contributed by atoms with E-state index in [1.54, 1.807) is 18.2 Å². The van der Waals surface area contributed by atoms with Gasteiger partial charge < -0.3 is 15.5 Å². The van der Waals surface area contributed by atoms with Crippen molar-refractivity contribution in [1.82, 2.24) is 5.32 Å². The Kier molecular flexibility index (Phi) is 6.74. The SMILES string of the molecule is O=C(O)/C=C/C(=O)N[C@H](c1ccc(Cl)cc1F)[C@H](O)c1cccc(Cl)c1. The van der Waals surface area contributed by atoms with Gasteiger partial charge in [-0.2, -0.15) is 0 Å². The molecule has 0 radical (unpaired) electrons. The number of rotatable bonds is 6. The smallest absolute Gasteiger partial charge is 0.328 e. The molecule has 2 rings (SSSR count). The first-order chi connectivity index (χ1) is 12.3. The van der Waals surface area contributed by atoms with Crippen LogP contribution in [0.1, 0.15) is 23.3 Å². The fraction of sp³-hybridized carbons (Fsp3) is 0.111. The lowest BCUT2D eigenvalue weighted by Gasteiger charge is -2.25. The van der Waals surface area contributed by atoms with Crippen molar-refractivity contribution in [3.63, 3.8) is 0 Å². The minimum atomic E-state index is -1.34. The molecule has 1 amide bonds. The first-order valence-corrected chi connectivity index (χ1v) is 8.13. The van der Waals surface area contributed by atoms with Crippen LogP contribution < -0.4 is 5.32 Å². The van der Waals surface area contributed by atoms with E-state index in [-0.39, 0.29) is 10.6 Å². The third-order valence-electron chi connectivity index (χ3n) is 3.48. The molecule has 0 bridgehead atoms. The summed E-state index contributed by atoms with van der Waals surface area (Å²) in [4.78, 5) is 22.5. The highest BCUT2D eigenvalue weighted by Crippen LogP contribution is 2.32. The van der Waals surface area contributed by atoms with Crippen LogP contribution in [0.25, 0.3) is 0 Å². The number of halogens is 3. The number of benzene rings is 2. The van der Waals surface area contributed by atoms with Crippen LogP contribution in [0.5, 0.6) is 0 Å². The van der Waals surface area contributed by atoms with E-state index >= 15 is 0 Å². The summed E-state index contributed by atoms with van der Waals surface area (Å²) in [6.07, 6.45) is 0.0658. The van der Waals surface area contributed by atoms with E-state index < -0.39 is 29.8 Å². The van der Waals surface area contributed by atoms with Crippen LogP contribution in [0.3, 0.4) is 0 Å². The van der Waals surface area contributed by atoms with Gasteiger partial charge in [0.05, 0.1) is 6.04 Å². The molecule has 0 aliphatic carbocycles. The quantitative estimate of drug-likeness (QED) is 0.649. The van der Waals surface area contributed by atoms with Crippen molar-refractivity contribution in [2.75, 3.05) is 0 Å². The molecule has 2 aromatic carbocycles. The molecule has 0 aromatic heterocycles. The third-order valence-corrected chi connectivity index (χ3v) is 3.95. The number of aliphatic hydroxyl groups is 1. The molecule has 5 nitrogen and oxygen atoms in total. The van der Waals surface area contributed by atoms with Crippen LogP contribution in [0.2, 0.25) is 10.0 Å². The summed E-state index contributed by atoms with van der Waals surface area (Å²) in [6.45, 7) is 0. The van der Waals surface area contributed by atoms with Crippen molar-refractivity contribution >= 4 is 35.1 Å². The number of hydrogen-bond acceptors (Lipinski definition) is 3. The molecule has 26 heavy (non-hydrogen) atoms. The number of aliphatic hydroxyl groups excluding tert-OH is 1. The van der Waals surface area contributed by atoms with E-state index in [0.717, 1.165) is 12.1 Å². The van der Waals surface area contributed by atoms with Crippen molar-refractivity contribution in [3.05, 3.63) is 81.6 Å². The Morgan fingerprint density at radius 1 is 1.08 bits per heavy atom. The second kappa shape index (κ2) is 8.80. The number of amides is 1. The first-order valence-electron chi connectivity index (χ1n) is 7.38. The number of carboxylic acids is 1. The predicted octanol–water partition coefficient (Wildman–Crippen LogP) is 3.66. The van der Waals surface area contributed by atoms with E-state index in [9.17, 15) is 19.1 Å². The maximum absolute atomic E-state index is 14.3. The maximum Gasteiger partial charge on any atom is 0.328 e. The molecule has 0 aliphatic rings. The Balaban J connectivity index is 2.40. The number of carboxylic acid groups (broad SMARTS) is 1. The number of hydrogen-bond donors (Lipinski definition) is 3. The molecule has 0 fully saturated rings. The van der Waals surface area contributed by atoms with Crippen molar-refractivity contribution in [3.8, 4) is 0 Å².